The van der Waals surface area contributed by atoms with Gasteiger partial charge in [-0.15, -0.1) is 22.7 Å². The highest BCUT2D eigenvalue weighted by Gasteiger charge is 2.27. The fourth-order valence-corrected chi connectivity index (χ4v) is 13.4. The Morgan fingerprint density at radius 2 is 0.764 bits per heavy atom. The summed E-state index contributed by atoms with van der Waals surface area (Å²) in [6.07, 6.45) is 0. The van der Waals surface area contributed by atoms with E-state index in [4.69, 9.17) is 0 Å². The molecule has 0 saturated heterocycles. The van der Waals surface area contributed by atoms with Gasteiger partial charge in [0.05, 0.1) is 37.8 Å². The molecule has 14 aromatic rings. The molecule has 0 N–H and O–H groups in total. The molecule has 0 unspecified atom stereocenters. The first kappa shape index (κ1) is 42.1. The Balaban J connectivity index is 1.04. The molecular weight excluding hydrogens is 909 g/mol. The summed E-state index contributed by atoms with van der Waals surface area (Å²) in [5, 5.41) is 9.98. The Bertz CT molecular complexity index is 4340. The summed E-state index contributed by atoms with van der Waals surface area (Å²) >= 11 is 3.75. The van der Waals surface area contributed by atoms with Gasteiger partial charge >= 0.3 is 0 Å². The maximum atomic E-state index is 2.54. The van der Waals surface area contributed by atoms with E-state index in [9.17, 15) is 0 Å². The highest BCUT2D eigenvalue weighted by Crippen LogP contribution is 2.53. The Labute approximate surface area is 426 Å². The fourth-order valence-electron chi connectivity index (χ4n) is 11.0. The zero-order valence-electron chi connectivity index (χ0n) is 39.1. The van der Waals surface area contributed by atoms with Gasteiger partial charge in [-0.3, -0.25) is 0 Å². The van der Waals surface area contributed by atoms with Gasteiger partial charge in [0.15, 0.2) is 0 Å². The third-order valence-corrected chi connectivity index (χ3v) is 16.7. The largest absolute Gasteiger partial charge is 0.308 e. The first-order valence-electron chi connectivity index (χ1n) is 24.5. The van der Waals surface area contributed by atoms with Crippen LogP contribution in [0.4, 0.5) is 34.1 Å². The van der Waals surface area contributed by atoms with E-state index < -0.39 is 0 Å². The number of hydrogen-bond donors (Lipinski definition) is 0. The summed E-state index contributed by atoms with van der Waals surface area (Å²) in [6, 6.07) is 98.1. The van der Waals surface area contributed by atoms with Gasteiger partial charge in [0.1, 0.15) is 0 Å². The minimum absolute atomic E-state index is 1.09. The van der Waals surface area contributed by atoms with E-state index in [2.05, 4.69) is 277 Å². The lowest BCUT2D eigenvalue weighted by atomic mass is 9.95. The number of hydrogen-bond acceptors (Lipinski definition) is 4. The van der Waals surface area contributed by atoms with E-state index in [-0.39, 0.29) is 0 Å². The molecule has 0 atom stereocenters. The van der Waals surface area contributed by atoms with Crippen molar-refractivity contribution in [1.29, 1.82) is 0 Å². The van der Waals surface area contributed by atoms with Crippen molar-refractivity contribution in [3.63, 3.8) is 0 Å². The van der Waals surface area contributed by atoms with Crippen LogP contribution in [0.2, 0.25) is 0 Å². The van der Waals surface area contributed by atoms with Gasteiger partial charge in [0, 0.05) is 53.1 Å². The zero-order chi connectivity index (χ0) is 47.5. The number of anilines is 6. The molecule has 0 bridgehead atoms. The summed E-state index contributed by atoms with van der Waals surface area (Å²) in [5.41, 5.74) is 13.7. The van der Waals surface area contributed by atoms with Crippen LogP contribution in [0.1, 0.15) is 0 Å². The minimum atomic E-state index is 1.09. The summed E-state index contributed by atoms with van der Waals surface area (Å²) < 4.78 is 5.06. The summed E-state index contributed by atoms with van der Waals surface area (Å²) in [7, 11) is 0. The van der Waals surface area contributed by atoms with Crippen LogP contribution in [-0.4, -0.2) is 0 Å². The zero-order valence-corrected chi connectivity index (χ0v) is 40.7. The van der Waals surface area contributed by atoms with E-state index in [1.165, 1.54) is 84.1 Å². The van der Waals surface area contributed by atoms with Gasteiger partial charge in [-0.25, -0.2) is 0 Å². The molecule has 2 aromatic heterocycles. The Kier molecular flexibility index (Phi) is 10.3. The molecule has 0 aliphatic rings. The average molecular weight is 953 g/mol. The molecular formula is C68H44N2S2. The lowest BCUT2D eigenvalue weighted by molar-refractivity contribution is 1.29. The first-order valence-corrected chi connectivity index (χ1v) is 26.1. The normalized spacial score (nSPS) is 11.6. The molecule has 0 aliphatic heterocycles. The van der Waals surface area contributed by atoms with Crippen LogP contribution in [-0.2, 0) is 0 Å². The second-order valence-electron chi connectivity index (χ2n) is 18.3. The molecule has 0 radical (unpaired) electrons. The van der Waals surface area contributed by atoms with Gasteiger partial charge < -0.3 is 9.80 Å². The van der Waals surface area contributed by atoms with E-state index in [1.807, 2.05) is 22.7 Å². The average Bonchev–Trinajstić information content (AvgIpc) is 4.05. The number of nitrogens with zero attached hydrogens (tertiary/aromatic N) is 2. The van der Waals surface area contributed by atoms with Crippen molar-refractivity contribution in [2.45, 2.75) is 0 Å². The van der Waals surface area contributed by atoms with Crippen molar-refractivity contribution in [2.75, 3.05) is 9.80 Å². The second kappa shape index (κ2) is 17.6. The Morgan fingerprint density at radius 3 is 1.50 bits per heavy atom. The Hall–Kier alpha value is -8.80. The van der Waals surface area contributed by atoms with Crippen LogP contribution in [0.5, 0.6) is 0 Å². The number of fused-ring (bicyclic) bond motifs is 9. The number of para-hydroxylation sites is 2. The first-order chi connectivity index (χ1) is 35.7. The van der Waals surface area contributed by atoms with Crippen LogP contribution in [0.25, 0.3) is 95.3 Å². The summed E-state index contributed by atoms with van der Waals surface area (Å²) in [5.74, 6) is 0. The van der Waals surface area contributed by atoms with Crippen molar-refractivity contribution in [1.82, 2.24) is 0 Å². The monoisotopic (exact) mass is 952 g/mol. The van der Waals surface area contributed by atoms with E-state index in [0.717, 1.165) is 45.3 Å². The molecule has 0 amide bonds. The van der Waals surface area contributed by atoms with Crippen LogP contribution in [0.15, 0.2) is 267 Å². The smallest absolute Gasteiger partial charge is 0.0647 e. The molecule has 2 heterocycles. The van der Waals surface area contributed by atoms with E-state index >= 15 is 0 Å². The van der Waals surface area contributed by atoms with Crippen molar-refractivity contribution < 1.29 is 0 Å². The SMILES string of the molecule is c1ccc(-c2ccc(N(c3ccccc3-c3ccccc3N(c3ccc(-c4ccccc4)c4ccccc34)c3cccc4c3sc3ccccc34)c3cc4ccccc4c4c3sc3ccccc34)cc2)cc1. The number of benzene rings is 12. The van der Waals surface area contributed by atoms with Crippen LogP contribution in [0, 0.1) is 0 Å². The molecule has 2 nitrogen and oxygen atoms in total. The number of thiophene rings is 2. The topological polar surface area (TPSA) is 6.48 Å². The van der Waals surface area contributed by atoms with E-state index in [0.29, 0.717) is 0 Å². The molecule has 4 heteroatoms. The third-order valence-electron chi connectivity index (χ3n) is 14.3. The highest BCUT2D eigenvalue weighted by molar-refractivity contribution is 7.27. The maximum absolute atomic E-state index is 2.54. The highest BCUT2D eigenvalue weighted by atomic mass is 32.1. The van der Waals surface area contributed by atoms with Crippen LogP contribution in [0.3, 0.4) is 0 Å². The lowest BCUT2D eigenvalue weighted by Gasteiger charge is -2.32. The summed E-state index contributed by atoms with van der Waals surface area (Å²) in [4.78, 5) is 5.06. The Morgan fingerprint density at radius 1 is 0.250 bits per heavy atom. The van der Waals surface area contributed by atoms with Gasteiger partial charge in [0.25, 0.3) is 0 Å². The van der Waals surface area contributed by atoms with Crippen molar-refractivity contribution >= 4 is 119 Å². The second-order valence-corrected chi connectivity index (χ2v) is 20.4. The molecule has 338 valence electrons. The molecule has 12 aromatic carbocycles. The van der Waals surface area contributed by atoms with Gasteiger partial charge in [0.2, 0.25) is 0 Å². The minimum Gasteiger partial charge on any atom is -0.308 e. The maximum Gasteiger partial charge on any atom is 0.0647 e. The quantitative estimate of drug-likeness (QED) is 0.142. The summed E-state index contributed by atoms with van der Waals surface area (Å²) in [6.45, 7) is 0. The lowest BCUT2D eigenvalue weighted by Crippen LogP contribution is -2.14. The standard InChI is InChI=1S/C68H44N2S2/c1-3-20-45(21-4-1)46-38-40-49(41-39-46)69(63-44-48-24-7-8-25-51(48)66-58-31-14-18-37-65(58)72-68(63)66)59-33-15-11-28-54(59)55-29-12-16-34-60(55)70(62-35-19-32-57-56-30-13-17-36-64(56)71-67(57)62)61-43-42-50(47-22-5-2-6-23-47)52-26-9-10-27-53(52)61/h1-44H. The fraction of sp³-hybridized carbons (Fsp3) is 0. The predicted octanol–water partition coefficient (Wildman–Crippen LogP) is 20.7. The van der Waals surface area contributed by atoms with Crippen LogP contribution < -0.4 is 9.80 Å². The third kappa shape index (κ3) is 6.98. The number of rotatable bonds is 9. The van der Waals surface area contributed by atoms with Crippen molar-refractivity contribution in [2.24, 2.45) is 0 Å². The molecule has 0 spiro atoms. The van der Waals surface area contributed by atoms with Crippen molar-refractivity contribution in [3.8, 4) is 33.4 Å². The van der Waals surface area contributed by atoms with Gasteiger partial charge in [-0.1, -0.05) is 212 Å². The van der Waals surface area contributed by atoms with Gasteiger partial charge in [-0.2, -0.15) is 0 Å². The van der Waals surface area contributed by atoms with Crippen LogP contribution >= 0.6 is 22.7 Å². The molecule has 0 aliphatic carbocycles. The molecule has 14 rings (SSSR count). The molecule has 0 fully saturated rings. The van der Waals surface area contributed by atoms with Gasteiger partial charge in [-0.05, 0) is 93.0 Å². The van der Waals surface area contributed by atoms with Crippen molar-refractivity contribution in [3.05, 3.63) is 267 Å². The van der Waals surface area contributed by atoms with E-state index in [1.54, 1.807) is 0 Å². The molecule has 72 heavy (non-hydrogen) atoms. The molecule has 0 saturated carbocycles. The predicted molar refractivity (Wildman–Crippen MR) is 313 cm³/mol.